The van der Waals surface area contributed by atoms with Crippen LogP contribution in [0.3, 0.4) is 0 Å². The molecule has 0 rings (SSSR count). The molecule has 4 atom stereocenters. The lowest BCUT2D eigenvalue weighted by atomic mass is 10.00. The van der Waals surface area contributed by atoms with Gasteiger partial charge in [0.2, 0.25) is 17.7 Å². The SMILES string of the molecule is CC(=O)CCC(CC=O)NC(=O)CC(CC(C)=O)NC(=O)CC(CC(C)=O)NC(=O)CC(C)CC(C)=O. The van der Waals surface area contributed by atoms with Gasteiger partial charge in [-0.3, -0.25) is 24.0 Å². The second kappa shape index (κ2) is 18.1. The predicted octanol–water partition coefficient (Wildman–Crippen LogP) is 1.14. The van der Waals surface area contributed by atoms with E-state index in [1.54, 1.807) is 6.92 Å². The van der Waals surface area contributed by atoms with Crippen LogP contribution in [0.1, 0.15) is 92.4 Å². The molecule has 208 valence electrons. The van der Waals surface area contributed by atoms with Crippen molar-refractivity contribution in [1.29, 1.82) is 0 Å². The van der Waals surface area contributed by atoms with Gasteiger partial charge in [0.25, 0.3) is 0 Å². The van der Waals surface area contributed by atoms with Crippen LogP contribution >= 0.6 is 0 Å². The average Bonchev–Trinajstić information content (AvgIpc) is 2.69. The monoisotopic (exact) mass is 523 g/mol. The number of hydrogen-bond acceptors (Lipinski definition) is 8. The van der Waals surface area contributed by atoms with Crippen molar-refractivity contribution in [1.82, 2.24) is 16.0 Å². The van der Waals surface area contributed by atoms with Crippen molar-refractivity contribution >= 4 is 47.1 Å². The second-order valence-corrected chi connectivity index (χ2v) is 9.87. The fourth-order valence-corrected chi connectivity index (χ4v) is 3.97. The van der Waals surface area contributed by atoms with Gasteiger partial charge >= 0.3 is 0 Å². The molecule has 3 N–H and O–H groups in total. The van der Waals surface area contributed by atoms with Gasteiger partial charge in [0.15, 0.2) is 0 Å². The predicted molar refractivity (Wildman–Crippen MR) is 135 cm³/mol. The molecule has 0 spiro atoms. The molecule has 0 radical (unpaired) electrons. The molecule has 0 aromatic carbocycles. The lowest BCUT2D eigenvalue weighted by Crippen LogP contribution is -2.45. The molecule has 0 heterocycles. The molecule has 0 aliphatic heterocycles. The Morgan fingerprint density at radius 2 is 0.973 bits per heavy atom. The Morgan fingerprint density at radius 3 is 1.35 bits per heavy atom. The third-order valence-electron chi connectivity index (χ3n) is 5.42. The molecular weight excluding hydrogens is 482 g/mol. The van der Waals surface area contributed by atoms with Crippen molar-refractivity contribution in [3.8, 4) is 0 Å². The summed E-state index contributed by atoms with van der Waals surface area (Å²) < 4.78 is 0. The van der Waals surface area contributed by atoms with Gasteiger partial charge in [0.1, 0.15) is 29.4 Å². The van der Waals surface area contributed by atoms with Gasteiger partial charge in [-0.2, -0.15) is 0 Å². The van der Waals surface area contributed by atoms with E-state index in [9.17, 15) is 38.4 Å². The van der Waals surface area contributed by atoms with Crippen molar-refractivity contribution in [2.45, 2.75) is 111 Å². The molecule has 0 saturated carbocycles. The van der Waals surface area contributed by atoms with Crippen LogP contribution in [0.5, 0.6) is 0 Å². The quantitative estimate of drug-likeness (QED) is 0.199. The van der Waals surface area contributed by atoms with E-state index < -0.39 is 29.9 Å². The fourth-order valence-electron chi connectivity index (χ4n) is 3.97. The Labute approximate surface area is 218 Å². The van der Waals surface area contributed by atoms with Gasteiger partial charge in [-0.1, -0.05) is 6.92 Å². The Morgan fingerprint density at radius 1 is 0.568 bits per heavy atom. The van der Waals surface area contributed by atoms with Crippen LogP contribution in [0, 0.1) is 5.92 Å². The summed E-state index contributed by atoms with van der Waals surface area (Å²) in [4.78, 5) is 94.4. The number of rotatable bonds is 20. The number of nitrogens with one attached hydrogen (secondary N) is 3. The highest BCUT2D eigenvalue weighted by atomic mass is 16.2. The summed E-state index contributed by atoms with van der Waals surface area (Å²) in [6.07, 6.45) is 0.798. The van der Waals surface area contributed by atoms with Crippen LogP contribution in [-0.4, -0.2) is 65.3 Å². The molecule has 11 nitrogen and oxygen atoms in total. The highest BCUT2D eigenvalue weighted by Gasteiger charge is 2.24. The average molecular weight is 524 g/mol. The summed E-state index contributed by atoms with van der Waals surface area (Å²) in [5.41, 5.74) is 0. The summed E-state index contributed by atoms with van der Waals surface area (Å²) in [5.74, 6) is -2.24. The van der Waals surface area contributed by atoms with Crippen LogP contribution in [-0.2, 0) is 38.4 Å². The van der Waals surface area contributed by atoms with Crippen LogP contribution in [0.25, 0.3) is 0 Å². The van der Waals surface area contributed by atoms with Crippen LogP contribution in [0.4, 0.5) is 0 Å². The third-order valence-corrected chi connectivity index (χ3v) is 5.42. The summed E-state index contributed by atoms with van der Waals surface area (Å²) in [6.45, 7) is 7.25. The maximum Gasteiger partial charge on any atom is 0.222 e. The third kappa shape index (κ3) is 18.7. The zero-order chi connectivity index (χ0) is 28.5. The van der Waals surface area contributed by atoms with Crippen molar-refractivity contribution in [3.05, 3.63) is 0 Å². The van der Waals surface area contributed by atoms with E-state index in [1.807, 2.05) is 0 Å². The number of carbonyl (C=O) groups excluding carboxylic acids is 8. The maximum absolute atomic E-state index is 12.7. The highest BCUT2D eigenvalue weighted by Crippen LogP contribution is 2.10. The van der Waals surface area contributed by atoms with E-state index in [-0.39, 0.29) is 86.3 Å². The number of hydrogen-bond donors (Lipinski definition) is 3. The molecule has 4 unspecified atom stereocenters. The minimum absolute atomic E-state index is 0.0280. The molecule has 3 amide bonds. The van der Waals surface area contributed by atoms with E-state index in [0.717, 1.165) is 0 Å². The first-order valence-electron chi connectivity index (χ1n) is 12.5. The minimum atomic E-state index is -0.834. The van der Waals surface area contributed by atoms with E-state index in [0.29, 0.717) is 12.7 Å². The molecule has 0 bridgehead atoms. The maximum atomic E-state index is 12.7. The first-order chi connectivity index (χ1) is 17.2. The second-order valence-electron chi connectivity index (χ2n) is 9.87. The number of ketones is 4. The van der Waals surface area contributed by atoms with Gasteiger partial charge in [-0.15, -0.1) is 0 Å². The largest absolute Gasteiger partial charge is 0.353 e. The Kier molecular flexibility index (Phi) is 16.5. The topological polar surface area (TPSA) is 173 Å². The smallest absolute Gasteiger partial charge is 0.222 e. The molecular formula is C26H41N3O8. The minimum Gasteiger partial charge on any atom is -0.353 e. The number of Topliss-reactive ketones (excluding diaryl/α,β-unsaturated/α-hetero) is 4. The summed E-state index contributed by atoms with van der Waals surface area (Å²) in [5, 5.41) is 7.95. The fraction of sp³-hybridized carbons (Fsp3) is 0.692. The first kappa shape index (κ1) is 33.8. The lowest BCUT2D eigenvalue weighted by molar-refractivity contribution is -0.125. The summed E-state index contributed by atoms with van der Waals surface area (Å²) in [6, 6.07) is -2.16. The number of carbonyl (C=O) groups is 8. The van der Waals surface area contributed by atoms with Crippen molar-refractivity contribution in [3.63, 3.8) is 0 Å². The molecule has 0 aliphatic rings. The standard InChI is InChI=1S/C26H41N3O8/c1-16(10-18(3)32)11-24(35)28-22(12-19(4)33)15-26(37)29-23(13-20(5)34)14-25(36)27-21(8-9-30)7-6-17(2)31/h9,16,21-23H,6-8,10-15H2,1-5H3,(H,27,36)(H,28,35)(H,29,37). The van der Waals surface area contributed by atoms with Gasteiger partial charge in [-0.25, -0.2) is 0 Å². The van der Waals surface area contributed by atoms with E-state index in [4.69, 9.17) is 0 Å². The Bertz CT molecular complexity index is 855. The summed E-state index contributed by atoms with van der Waals surface area (Å²) >= 11 is 0. The molecule has 0 aliphatic carbocycles. The molecule has 11 heteroatoms. The van der Waals surface area contributed by atoms with Crippen LogP contribution in [0.15, 0.2) is 0 Å². The molecule has 0 aromatic rings. The normalized spacial score (nSPS) is 13.9. The molecule has 0 fully saturated rings. The van der Waals surface area contributed by atoms with E-state index in [1.165, 1.54) is 27.7 Å². The first-order valence-corrected chi connectivity index (χ1v) is 12.5. The van der Waals surface area contributed by atoms with Crippen molar-refractivity contribution in [2.24, 2.45) is 5.92 Å². The van der Waals surface area contributed by atoms with E-state index in [2.05, 4.69) is 16.0 Å². The van der Waals surface area contributed by atoms with Gasteiger partial charge in [0, 0.05) is 69.5 Å². The zero-order valence-corrected chi connectivity index (χ0v) is 22.5. The van der Waals surface area contributed by atoms with Gasteiger partial charge in [0.05, 0.1) is 0 Å². The Hall–Kier alpha value is -3.24. The van der Waals surface area contributed by atoms with Crippen LogP contribution < -0.4 is 16.0 Å². The van der Waals surface area contributed by atoms with Gasteiger partial charge < -0.3 is 30.3 Å². The molecule has 0 aromatic heterocycles. The summed E-state index contributed by atoms with van der Waals surface area (Å²) in [7, 11) is 0. The van der Waals surface area contributed by atoms with Crippen LogP contribution in [0.2, 0.25) is 0 Å². The Balaban J connectivity index is 5.17. The van der Waals surface area contributed by atoms with Crippen molar-refractivity contribution in [2.75, 3.05) is 0 Å². The van der Waals surface area contributed by atoms with Crippen molar-refractivity contribution < 1.29 is 38.4 Å². The molecule has 0 saturated heterocycles. The zero-order valence-electron chi connectivity index (χ0n) is 22.5. The van der Waals surface area contributed by atoms with Gasteiger partial charge in [-0.05, 0) is 40.0 Å². The van der Waals surface area contributed by atoms with E-state index >= 15 is 0 Å². The molecule has 37 heavy (non-hydrogen) atoms. The number of amides is 3. The number of aldehydes is 1. The highest BCUT2D eigenvalue weighted by molar-refractivity contribution is 5.85. The lowest BCUT2D eigenvalue weighted by Gasteiger charge is -2.22.